The lowest BCUT2D eigenvalue weighted by Crippen LogP contribution is -2.42. The molecule has 3 fully saturated rings. The fourth-order valence-electron chi connectivity index (χ4n) is 4.03. The third kappa shape index (κ3) is 1.96. The van der Waals surface area contributed by atoms with E-state index in [9.17, 15) is 14.7 Å². The van der Waals surface area contributed by atoms with Crippen molar-refractivity contribution >= 4 is 11.9 Å². The molecular formula is C17H20O5. The fourth-order valence-corrected chi connectivity index (χ4v) is 4.03. The Morgan fingerprint density at radius 2 is 2.09 bits per heavy atom. The van der Waals surface area contributed by atoms with Crippen molar-refractivity contribution in [3.05, 3.63) is 36.5 Å². The van der Waals surface area contributed by atoms with Crippen molar-refractivity contribution in [2.24, 2.45) is 11.8 Å². The van der Waals surface area contributed by atoms with E-state index in [-0.39, 0.29) is 12.3 Å². The van der Waals surface area contributed by atoms with Gasteiger partial charge in [0.05, 0.1) is 11.5 Å². The van der Waals surface area contributed by atoms with Gasteiger partial charge in [0.1, 0.15) is 12.2 Å². The Kier molecular flexibility index (Phi) is 3.29. The fraction of sp³-hybridized carbons (Fsp3) is 0.529. The first-order valence-electron chi connectivity index (χ1n) is 7.42. The summed E-state index contributed by atoms with van der Waals surface area (Å²) in [7, 11) is 0. The summed E-state index contributed by atoms with van der Waals surface area (Å²) in [6.07, 6.45) is 0.345. The Balaban J connectivity index is 2.01. The maximum atomic E-state index is 11.9. The van der Waals surface area contributed by atoms with Crippen molar-refractivity contribution in [2.45, 2.75) is 44.0 Å². The topological polar surface area (TPSA) is 72.8 Å². The van der Waals surface area contributed by atoms with E-state index >= 15 is 0 Å². The highest BCUT2D eigenvalue weighted by Crippen LogP contribution is 2.54. The molecule has 0 aromatic heterocycles. The van der Waals surface area contributed by atoms with E-state index in [1.807, 2.05) is 0 Å². The van der Waals surface area contributed by atoms with Crippen molar-refractivity contribution in [3.63, 3.8) is 0 Å². The van der Waals surface area contributed by atoms with Crippen LogP contribution in [0.1, 0.15) is 26.2 Å². The van der Waals surface area contributed by atoms with E-state index in [1.54, 1.807) is 0 Å². The van der Waals surface area contributed by atoms with Crippen LogP contribution in [0.5, 0.6) is 0 Å². The average Bonchev–Trinajstić information content (AvgIpc) is 2.79. The van der Waals surface area contributed by atoms with Crippen molar-refractivity contribution in [1.82, 2.24) is 0 Å². The maximum absolute atomic E-state index is 11.9. The Morgan fingerprint density at radius 3 is 2.73 bits per heavy atom. The van der Waals surface area contributed by atoms with Gasteiger partial charge in [-0.25, -0.2) is 4.79 Å². The van der Waals surface area contributed by atoms with E-state index < -0.39 is 35.7 Å². The van der Waals surface area contributed by atoms with Crippen LogP contribution in [0.25, 0.3) is 0 Å². The quantitative estimate of drug-likeness (QED) is 0.453. The second kappa shape index (κ2) is 4.81. The Labute approximate surface area is 129 Å². The Morgan fingerprint density at radius 1 is 1.41 bits per heavy atom. The number of rotatable bonds is 1. The molecule has 22 heavy (non-hydrogen) atoms. The molecule has 5 atom stereocenters. The second-order valence-corrected chi connectivity index (χ2v) is 6.42. The Bertz CT molecular complexity index is 604. The van der Waals surface area contributed by atoms with Crippen LogP contribution in [0.3, 0.4) is 0 Å². The summed E-state index contributed by atoms with van der Waals surface area (Å²) in [5.41, 5.74) is 0.428. The molecule has 0 bridgehead atoms. The van der Waals surface area contributed by atoms with Gasteiger partial charge in [-0.15, -0.1) is 0 Å². The summed E-state index contributed by atoms with van der Waals surface area (Å²) in [6.45, 7) is 13.1. The van der Waals surface area contributed by atoms with E-state index in [4.69, 9.17) is 9.47 Å². The maximum Gasteiger partial charge on any atom is 0.334 e. The van der Waals surface area contributed by atoms with Crippen LogP contribution in [0.2, 0.25) is 0 Å². The predicted octanol–water partition coefficient (Wildman–Crippen LogP) is 1.67. The molecule has 1 aliphatic heterocycles. The molecule has 3 aliphatic rings. The lowest BCUT2D eigenvalue weighted by molar-refractivity contribution is -0.145. The molecule has 0 aromatic rings. The van der Waals surface area contributed by atoms with Crippen molar-refractivity contribution in [3.8, 4) is 0 Å². The summed E-state index contributed by atoms with van der Waals surface area (Å²) in [4.78, 5) is 23.1. The molecule has 5 heteroatoms. The van der Waals surface area contributed by atoms with Crippen LogP contribution in [0.15, 0.2) is 36.5 Å². The summed E-state index contributed by atoms with van der Waals surface area (Å²) < 4.78 is 10.7. The van der Waals surface area contributed by atoms with Gasteiger partial charge in [-0.1, -0.05) is 19.7 Å². The summed E-state index contributed by atoms with van der Waals surface area (Å²) in [6, 6.07) is 0. The molecular weight excluding hydrogens is 284 g/mol. The molecule has 0 spiro atoms. The van der Waals surface area contributed by atoms with Gasteiger partial charge in [0.15, 0.2) is 0 Å². The van der Waals surface area contributed by atoms with E-state index in [0.29, 0.717) is 29.6 Å². The molecule has 1 saturated heterocycles. The SMILES string of the molecule is C=C1[C@@H](OC(C)=O)C[C@@]2(O)C(=C)CC[C@H]3C(=C)C(=O)O[C@@H]3[C@@H]12. The molecule has 5 nitrogen and oxygen atoms in total. The van der Waals surface area contributed by atoms with E-state index in [0.717, 1.165) is 0 Å². The zero-order valence-electron chi connectivity index (χ0n) is 12.6. The van der Waals surface area contributed by atoms with Crippen LogP contribution >= 0.6 is 0 Å². The molecule has 3 rings (SSSR count). The van der Waals surface area contributed by atoms with Crippen molar-refractivity contribution < 1.29 is 24.2 Å². The van der Waals surface area contributed by atoms with Crippen molar-refractivity contribution in [1.29, 1.82) is 0 Å². The number of esters is 2. The molecule has 0 radical (unpaired) electrons. The minimum Gasteiger partial charge on any atom is -0.458 e. The van der Waals surface area contributed by atoms with E-state index in [1.165, 1.54) is 6.92 Å². The monoisotopic (exact) mass is 304 g/mol. The predicted molar refractivity (Wildman–Crippen MR) is 78.6 cm³/mol. The zero-order chi connectivity index (χ0) is 16.2. The average molecular weight is 304 g/mol. The lowest BCUT2D eigenvalue weighted by atomic mass is 9.78. The van der Waals surface area contributed by atoms with Crippen LogP contribution in [0, 0.1) is 11.8 Å². The minimum absolute atomic E-state index is 0.156. The van der Waals surface area contributed by atoms with Gasteiger partial charge in [-0.2, -0.15) is 0 Å². The van der Waals surface area contributed by atoms with Gasteiger partial charge >= 0.3 is 11.9 Å². The normalized spacial score (nSPS) is 40.8. The van der Waals surface area contributed by atoms with Crippen LogP contribution in [-0.4, -0.2) is 34.9 Å². The van der Waals surface area contributed by atoms with Gasteiger partial charge in [0.25, 0.3) is 0 Å². The first-order valence-corrected chi connectivity index (χ1v) is 7.42. The van der Waals surface area contributed by atoms with Gasteiger partial charge in [-0.3, -0.25) is 4.79 Å². The molecule has 1 N–H and O–H groups in total. The lowest BCUT2D eigenvalue weighted by Gasteiger charge is -2.33. The summed E-state index contributed by atoms with van der Waals surface area (Å²) >= 11 is 0. The highest BCUT2D eigenvalue weighted by atomic mass is 16.6. The van der Waals surface area contributed by atoms with Crippen LogP contribution in [0.4, 0.5) is 0 Å². The molecule has 2 aliphatic carbocycles. The smallest absolute Gasteiger partial charge is 0.334 e. The summed E-state index contributed by atoms with van der Waals surface area (Å²) in [5.74, 6) is -1.52. The number of carbonyl (C=O) groups is 2. The molecule has 2 saturated carbocycles. The zero-order valence-corrected chi connectivity index (χ0v) is 12.6. The van der Waals surface area contributed by atoms with Crippen LogP contribution in [-0.2, 0) is 19.1 Å². The van der Waals surface area contributed by atoms with Gasteiger partial charge in [0, 0.05) is 24.8 Å². The van der Waals surface area contributed by atoms with Gasteiger partial charge in [0.2, 0.25) is 0 Å². The number of ether oxygens (including phenoxy) is 2. The van der Waals surface area contributed by atoms with Crippen LogP contribution < -0.4 is 0 Å². The Hall–Kier alpha value is -1.88. The number of carbonyl (C=O) groups excluding carboxylic acids is 2. The summed E-state index contributed by atoms with van der Waals surface area (Å²) in [5, 5.41) is 11.2. The molecule has 0 unspecified atom stereocenters. The standard InChI is InChI=1S/C17H20O5/c1-8-5-6-12-9(2)16(19)22-15(12)14-10(3)13(21-11(4)18)7-17(8,14)20/h12-15,20H,1-3,5-7H2,4H3/t12-,13-,14+,15-,17+/m0/s1. The van der Waals surface area contributed by atoms with Gasteiger partial charge < -0.3 is 14.6 Å². The molecule has 0 aromatic carbocycles. The highest BCUT2D eigenvalue weighted by Gasteiger charge is 2.60. The molecule has 1 heterocycles. The third-order valence-corrected chi connectivity index (χ3v) is 5.18. The second-order valence-electron chi connectivity index (χ2n) is 6.42. The number of fused-ring (bicyclic) bond motifs is 3. The molecule has 118 valence electrons. The number of hydrogen-bond acceptors (Lipinski definition) is 5. The highest BCUT2D eigenvalue weighted by molar-refractivity contribution is 5.91. The largest absolute Gasteiger partial charge is 0.458 e. The number of hydrogen-bond donors (Lipinski definition) is 1. The van der Waals surface area contributed by atoms with Crippen molar-refractivity contribution in [2.75, 3.05) is 0 Å². The number of aliphatic hydroxyl groups is 1. The first-order chi connectivity index (χ1) is 10.3. The minimum atomic E-state index is -1.26. The first kappa shape index (κ1) is 15.0. The van der Waals surface area contributed by atoms with Gasteiger partial charge in [-0.05, 0) is 24.0 Å². The van der Waals surface area contributed by atoms with E-state index in [2.05, 4.69) is 19.7 Å². The third-order valence-electron chi connectivity index (χ3n) is 5.18. The molecule has 0 amide bonds.